The molecule has 0 aromatic heterocycles. The molecule has 7 heteroatoms. The second kappa shape index (κ2) is 16.9. The lowest BCUT2D eigenvalue weighted by molar-refractivity contribution is -0.339. The van der Waals surface area contributed by atoms with Crippen molar-refractivity contribution in [1.29, 1.82) is 0 Å². The molecule has 7 aliphatic carbocycles. The summed E-state index contributed by atoms with van der Waals surface area (Å²) in [4.78, 5) is 11.1. The lowest BCUT2D eigenvalue weighted by atomic mass is 9.56. The number of rotatable bonds is 4. The number of nitrogens with one attached hydrogen (secondary N) is 4. The smallest absolute Gasteiger partial charge is 0.0824 e. The molecule has 4 aliphatic heterocycles. The van der Waals surface area contributed by atoms with Crippen LogP contribution in [-0.4, -0.2) is 84.8 Å². The van der Waals surface area contributed by atoms with E-state index >= 15 is 0 Å². The second-order valence-corrected chi connectivity index (χ2v) is 24.6. The van der Waals surface area contributed by atoms with Gasteiger partial charge >= 0.3 is 0 Å². The topological polar surface area (TPSA) is 63.8 Å². The first-order valence-corrected chi connectivity index (χ1v) is 26.9. The van der Waals surface area contributed by atoms with Gasteiger partial charge in [-0.25, -0.2) is 0 Å². The molecule has 0 bridgehead atoms. The third-order valence-corrected chi connectivity index (χ3v) is 21.8. The molecule has 0 radical (unpaired) electrons. The quantitative estimate of drug-likeness (QED) is 0.226. The minimum atomic E-state index is 0.462. The molecule has 0 spiro atoms. The molecule has 7 nitrogen and oxygen atoms in total. The van der Waals surface area contributed by atoms with Crippen LogP contribution in [-0.2, 0) is 4.84 Å². The van der Waals surface area contributed by atoms with Gasteiger partial charge in [-0.15, -0.1) is 0 Å². The van der Waals surface area contributed by atoms with Crippen molar-refractivity contribution in [3.05, 3.63) is 0 Å². The molecule has 24 atom stereocenters. The molecule has 0 aromatic rings. The minimum Gasteiger partial charge on any atom is -0.304 e. The monoisotopic (exact) mass is 815 g/mol. The first-order chi connectivity index (χ1) is 28.8. The van der Waals surface area contributed by atoms with E-state index in [-0.39, 0.29) is 0 Å². The highest BCUT2D eigenvalue weighted by Crippen LogP contribution is 2.62. The predicted molar refractivity (Wildman–Crippen MR) is 240 cm³/mol. The molecule has 0 amide bonds. The van der Waals surface area contributed by atoms with E-state index < -0.39 is 0 Å². The number of fused-ring (bicyclic) bond motifs is 9. The molecule has 0 aromatic carbocycles. The number of nitrogens with zero attached hydrogens (tertiary/aromatic N) is 2. The Morgan fingerprint density at radius 2 is 0.983 bits per heavy atom. The lowest BCUT2D eigenvalue weighted by Crippen LogP contribution is -2.67. The summed E-state index contributed by atoms with van der Waals surface area (Å²) < 4.78 is 0. The molecule has 7 saturated carbocycles. The SMILES string of the molecule is CC1CC(C)C(N2OC3CCCCC3C3C4C5CCCCC5N(C5C(C)CC(C)C(C6CCC7NCNCC7C6)C5C)C4CCC32)C(C)C1C1CCC2NCNCC2C1. The minimum absolute atomic E-state index is 0.462. The summed E-state index contributed by atoms with van der Waals surface area (Å²) in [6.45, 7) is 20.7. The van der Waals surface area contributed by atoms with Crippen molar-refractivity contribution >= 4 is 0 Å². The molecule has 4 N–H and O–H groups in total. The molecule has 334 valence electrons. The van der Waals surface area contributed by atoms with E-state index in [0.29, 0.717) is 30.0 Å². The molecule has 11 rings (SSSR count). The Kier molecular flexibility index (Phi) is 11.9. The van der Waals surface area contributed by atoms with Crippen LogP contribution < -0.4 is 21.3 Å². The Morgan fingerprint density at radius 1 is 0.441 bits per heavy atom. The maximum absolute atomic E-state index is 7.68. The fourth-order valence-electron chi connectivity index (χ4n) is 20.2. The zero-order valence-corrected chi connectivity index (χ0v) is 38.7. The summed E-state index contributed by atoms with van der Waals surface area (Å²) in [7, 11) is 0. The van der Waals surface area contributed by atoms with Crippen LogP contribution in [0.25, 0.3) is 0 Å². The Labute approximate surface area is 361 Å². The summed E-state index contributed by atoms with van der Waals surface area (Å²) in [6, 6.07) is 5.13. The molecule has 4 saturated heterocycles. The van der Waals surface area contributed by atoms with Crippen molar-refractivity contribution < 1.29 is 4.84 Å². The molecule has 11 aliphatic rings. The Hall–Kier alpha value is -0.280. The first-order valence-electron chi connectivity index (χ1n) is 26.9. The molecular formula is C52H90N6O. The van der Waals surface area contributed by atoms with Gasteiger partial charge in [0.1, 0.15) is 0 Å². The van der Waals surface area contributed by atoms with Crippen molar-refractivity contribution in [2.75, 3.05) is 26.4 Å². The molecule has 24 unspecified atom stereocenters. The number of hydrogen-bond donors (Lipinski definition) is 4. The van der Waals surface area contributed by atoms with Crippen LogP contribution in [0.1, 0.15) is 157 Å². The van der Waals surface area contributed by atoms with Crippen molar-refractivity contribution in [3.63, 3.8) is 0 Å². The zero-order valence-electron chi connectivity index (χ0n) is 38.7. The highest BCUT2D eigenvalue weighted by atomic mass is 16.7. The maximum atomic E-state index is 7.68. The average molecular weight is 815 g/mol. The van der Waals surface area contributed by atoms with Crippen LogP contribution in [0.3, 0.4) is 0 Å². The van der Waals surface area contributed by atoms with Gasteiger partial charge in [0.2, 0.25) is 0 Å². The standard InChI is InChI=1S/C52H90N6O/c1-29-21-31(3)51(33(5)47(29)35-15-17-41-37(23-35)25-53-27-55-41)57-43-13-9-7-11-39(43)49-44(57)19-20-45-50(49)40-12-8-10-14-46(40)59-58(45)52-32(4)22-30(2)48(34(52)6)36-16-18-42-38(24-36)26-54-28-56-42/h29-56H,7-28H2,1-6H3. The van der Waals surface area contributed by atoms with Gasteiger partial charge < -0.3 is 21.3 Å². The predicted octanol–water partition coefficient (Wildman–Crippen LogP) is 8.89. The third kappa shape index (κ3) is 7.11. The summed E-state index contributed by atoms with van der Waals surface area (Å²) in [5, 5.41) is 18.0. The summed E-state index contributed by atoms with van der Waals surface area (Å²) >= 11 is 0. The average Bonchev–Trinajstić information content (AvgIpc) is 3.57. The third-order valence-electron chi connectivity index (χ3n) is 21.8. The molecule has 59 heavy (non-hydrogen) atoms. The van der Waals surface area contributed by atoms with Gasteiger partial charge in [0.15, 0.2) is 0 Å². The van der Waals surface area contributed by atoms with Crippen LogP contribution in [0.5, 0.6) is 0 Å². The van der Waals surface area contributed by atoms with Crippen molar-refractivity contribution in [3.8, 4) is 0 Å². The van der Waals surface area contributed by atoms with E-state index in [1.54, 1.807) is 0 Å². The van der Waals surface area contributed by atoms with Gasteiger partial charge in [-0.2, -0.15) is 5.06 Å². The van der Waals surface area contributed by atoms with E-state index in [0.717, 1.165) is 126 Å². The molecular weight excluding hydrogens is 725 g/mol. The Balaban J connectivity index is 0.890. The molecule has 11 fully saturated rings. The van der Waals surface area contributed by atoms with Crippen molar-refractivity contribution in [2.45, 2.75) is 206 Å². The van der Waals surface area contributed by atoms with E-state index in [1.807, 2.05) is 0 Å². The van der Waals surface area contributed by atoms with Gasteiger partial charge in [0, 0.05) is 68.7 Å². The van der Waals surface area contributed by atoms with Gasteiger partial charge in [-0.1, -0.05) is 67.2 Å². The summed E-state index contributed by atoms with van der Waals surface area (Å²) in [6.07, 6.45) is 26.2. The fourth-order valence-corrected chi connectivity index (χ4v) is 20.2. The summed E-state index contributed by atoms with van der Waals surface area (Å²) in [5.41, 5.74) is 0. The zero-order chi connectivity index (χ0) is 40.1. The number of hydrogen-bond acceptors (Lipinski definition) is 7. The van der Waals surface area contributed by atoms with E-state index in [4.69, 9.17) is 4.84 Å². The highest BCUT2D eigenvalue weighted by Gasteiger charge is 2.64. The number of likely N-dealkylation sites (tertiary alicyclic amines) is 1. The number of hydroxylamine groups is 2. The Morgan fingerprint density at radius 3 is 1.64 bits per heavy atom. The van der Waals surface area contributed by atoms with E-state index in [9.17, 15) is 0 Å². The van der Waals surface area contributed by atoms with Crippen LogP contribution in [0.2, 0.25) is 0 Å². The lowest BCUT2D eigenvalue weighted by Gasteiger charge is -2.62. The normalized spacial score (nSPS) is 57.1. The Bertz CT molecular complexity index is 1450. The fraction of sp³-hybridized carbons (Fsp3) is 1.00. The maximum Gasteiger partial charge on any atom is 0.0824 e. The van der Waals surface area contributed by atoms with Crippen LogP contribution in [0.4, 0.5) is 0 Å². The van der Waals surface area contributed by atoms with Gasteiger partial charge in [0.05, 0.1) is 6.10 Å². The second-order valence-electron chi connectivity index (χ2n) is 24.6. The van der Waals surface area contributed by atoms with Crippen LogP contribution in [0.15, 0.2) is 0 Å². The first kappa shape index (κ1) is 41.4. The van der Waals surface area contributed by atoms with Crippen molar-refractivity contribution in [1.82, 2.24) is 31.2 Å². The van der Waals surface area contributed by atoms with Gasteiger partial charge in [-0.05, 0) is 185 Å². The summed E-state index contributed by atoms with van der Waals surface area (Å²) in [5.74, 6) is 13.3. The highest BCUT2D eigenvalue weighted by molar-refractivity contribution is 5.15. The van der Waals surface area contributed by atoms with Gasteiger partial charge in [0.25, 0.3) is 0 Å². The van der Waals surface area contributed by atoms with E-state index in [1.165, 1.54) is 129 Å². The van der Waals surface area contributed by atoms with Crippen LogP contribution >= 0.6 is 0 Å². The van der Waals surface area contributed by atoms with E-state index in [2.05, 4.69) is 72.8 Å². The van der Waals surface area contributed by atoms with Gasteiger partial charge in [-0.3, -0.25) is 9.74 Å². The molecule has 4 heterocycles. The van der Waals surface area contributed by atoms with Crippen molar-refractivity contribution in [2.24, 2.45) is 94.7 Å². The largest absolute Gasteiger partial charge is 0.304 e. The van der Waals surface area contributed by atoms with Crippen LogP contribution in [0, 0.1) is 94.7 Å².